The Morgan fingerprint density at radius 2 is 1.08 bits per heavy atom. The van der Waals surface area contributed by atoms with Crippen molar-refractivity contribution in [3.05, 3.63) is 131 Å². The quantitative estimate of drug-likeness (QED) is 0.0637. The minimum absolute atomic E-state index is 0.122. The second-order valence-electron chi connectivity index (χ2n) is 13.8. The highest BCUT2D eigenvalue weighted by Gasteiger charge is 2.22. The number of nitriles is 1. The van der Waals surface area contributed by atoms with E-state index in [1.165, 1.54) is 86.4 Å². The lowest BCUT2D eigenvalue weighted by atomic mass is 9.85. The summed E-state index contributed by atoms with van der Waals surface area (Å²) in [7, 11) is 0. The van der Waals surface area contributed by atoms with E-state index < -0.39 is 0 Å². The first-order valence-electron chi connectivity index (χ1n) is 18.0. The molecule has 0 unspecified atom stereocenters. The van der Waals surface area contributed by atoms with Crippen LogP contribution in [0.15, 0.2) is 102 Å². The molecule has 2 aliphatic rings. The van der Waals surface area contributed by atoms with Crippen molar-refractivity contribution in [2.45, 2.75) is 51.4 Å². The van der Waals surface area contributed by atoms with E-state index in [9.17, 15) is 0 Å². The van der Waals surface area contributed by atoms with Crippen molar-refractivity contribution in [3.8, 4) is 28.6 Å². The molecule has 0 atom stereocenters. The molecular formula is C44H37N7O. The van der Waals surface area contributed by atoms with Crippen LogP contribution in [0.3, 0.4) is 0 Å². The molecule has 5 N–H and O–H groups in total. The van der Waals surface area contributed by atoms with Gasteiger partial charge < -0.3 is 20.9 Å². The van der Waals surface area contributed by atoms with Crippen LogP contribution >= 0.6 is 0 Å². The number of nitrogens with zero attached hydrogens (tertiary/aromatic N) is 4. The number of aromatic amines is 2. The van der Waals surface area contributed by atoms with Gasteiger partial charge in [0.05, 0.1) is 22.7 Å². The maximum atomic E-state index is 9.05. The number of amidine groups is 1. The molecule has 0 spiro atoms. The predicted octanol–water partition coefficient (Wildman–Crippen LogP) is 9.49. The van der Waals surface area contributed by atoms with E-state index in [1.807, 2.05) is 60.9 Å². The molecule has 0 saturated heterocycles. The van der Waals surface area contributed by atoms with Crippen LogP contribution in [0.5, 0.6) is 0 Å². The van der Waals surface area contributed by atoms with Crippen molar-refractivity contribution >= 4 is 49.4 Å². The summed E-state index contributed by atoms with van der Waals surface area (Å²) in [5.74, 6) is 0.122. The molecule has 10 rings (SSSR count). The van der Waals surface area contributed by atoms with Crippen molar-refractivity contribution in [2.75, 3.05) is 0 Å². The fraction of sp³-hybridized carbons (Fsp3) is 0.182. The van der Waals surface area contributed by atoms with Gasteiger partial charge in [-0.2, -0.15) is 5.26 Å². The van der Waals surface area contributed by atoms with Crippen LogP contribution in [-0.2, 0) is 25.7 Å². The van der Waals surface area contributed by atoms with Crippen LogP contribution in [-0.4, -0.2) is 31.0 Å². The number of oxime groups is 1. The standard InChI is InChI=1S/C22H20N4O.C22H17N3/c23-22(26-27)14-7-5-13(6-8-14)21-16-4-2-1-3-15(16)20-17-11-12-24-18(17)9-10-19(20)25-21;23-13-14-5-7-15(8-6-14)22-17-4-2-1-3-16(17)21-18-11-12-24-19(18)9-10-20(21)25-22/h5-12,25,27H,1-4H2,(H2,23,26);5-12,25H,1-4H2. The number of aryl methyl sites for hydroxylation is 2. The van der Waals surface area contributed by atoms with Crippen LogP contribution in [0.25, 0.3) is 66.1 Å². The van der Waals surface area contributed by atoms with Gasteiger partial charge in [0.2, 0.25) is 0 Å². The van der Waals surface area contributed by atoms with Crippen LogP contribution in [0.2, 0.25) is 0 Å². The zero-order valence-corrected chi connectivity index (χ0v) is 28.7. The fourth-order valence-corrected chi connectivity index (χ4v) is 8.43. The van der Waals surface area contributed by atoms with E-state index >= 15 is 0 Å². The molecule has 52 heavy (non-hydrogen) atoms. The summed E-state index contributed by atoms with van der Waals surface area (Å²) in [4.78, 5) is 16.3. The monoisotopic (exact) mass is 679 g/mol. The van der Waals surface area contributed by atoms with Gasteiger partial charge in [0.15, 0.2) is 5.84 Å². The Balaban J connectivity index is 0.000000139. The number of hydrogen-bond acceptors (Lipinski definition) is 5. The van der Waals surface area contributed by atoms with E-state index in [4.69, 9.17) is 16.2 Å². The topological polar surface area (TPSA) is 140 Å². The summed E-state index contributed by atoms with van der Waals surface area (Å²) in [6.07, 6.45) is 13.1. The number of H-pyrrole nitrogens is 2. The number of pyridine rings is 2. The van der Waals surface area contributed by atoms with Gasteiger partial charge in [-0.05, 0) is 133 Å². The number of benzene rings is 4. The average Bonchev–Trinajstić information content (AvgIpc) is 3.90. The lowest BCUT2D eigenvalue weighted by molar-refractivity contribution is 0.318. The fourth-order valence-electron chi connectivity index (χ4n) is 8.43. The maximum absolute atomic E-state index is 9.05. The Morgan fingerprint density at radius 1 is 0.615 bits per heavy atom. The molecule has 8 nitrogen and oxygen atoms in total. The molecule has 0 fully saturated rings. The van der Waals surface area contributed by atoms with Gasteiger partial charge >= 0.3 is 0 Å². The number of nitrogens with one attached hydrogen (secondary N) is 2. The van der Waals surface area contributed by atoms with Gasteiger partial charge in [-0.15, -0.1) is 0 Å². The summed E-state index contributed by atoms with van der Waals surface area (Å²) >= 11 is 0. The molecule has 254 valence electrons. The van der Waals surface area contributed by atoms with Crippen molar-refractivity contribution in [1.29, 1.82) is 5.26 Å². The van der Waals surface area contributed by atoms with Gasteiger partial charge in [-0.25, -0.2) is 0 Å². The number of aromatic nitrogens is 4. The highest BCUT2D eigenvalue weighted by molar-refractivity contribution is 6.09. The Labute approximate surface area is 300 Å². The van der Waals surface area contributed by atoms with Crippen LogP contribution in [0.1, 0.15) is 59.1 Å². The first-order chi connectivity index (χ1) is 25.6. The van der Waals surface area contributed by atoms with Gasteiger partial charge in [-0.3, -0.25) is 9.97 Å². The van der Waals surface area contributed by atoms with Gasteiger partial charge in [-0.1, -0.05) is 41.6 Å². The van der Waals surface area contributed by atoms with E-state index in [-0.39, 0.29) is 5.84 Å². The Hall–Kier alpha value is -6.46. The molecular weight excluding hydrogens is 643 g/mol. The molecule has 0 amide bonds. The van der Waals surface area contributed by atoms with Crippen molar-refractivity contribution in [3.63, 3.8) is 0 Å². The number of fused-ring (bicyclic) bond motifs is 10. The van der Waals surface area contributed by atoms with Crippen LogP contribution in [0.4, 0.5) is 0 Å². The first kappa shape index (κ1) is 31.5. The minimum atomic E-state index is 0.122. The summed E-state index contributed by atoms with van der Waals surface area (Å²) in [6, 6.07) is 30.6. The van der Waals surface area contributed by atoms with Crippen molar-refractivity contribution in [2.24, 2.45) is 10.9 Å². The second-order valence-corrected chi connectivity index (χ2v) is 13.8. The third kappa shape index (κ3) is 5.33. The summed E-state index contributed by atoms with van der Waals surface area (Å²) in [5.41, 5.74) is 21.9. The molecule has 2 aliphatic carbocycles. The smallest absolute Gasteiger partial charge is 0.170 e. The molecule has 0 aliphatic heterocycles. The van der Waals surface area contributed by atoms with Gasteiger partial charge in [0.25, 0.3) is 0 Å². The number of rotatable bonds is 3. The SMILES string of the molecule is N#Cc1ccc(-c2[nH]c3ccc4nccc4c3c3c2CCCC3)cc1.NC(=NO)c1ccc(-c2[nH]c3ccc4nccc4c3c3c2CCCC3)cc1. The first-order valence-corrected chi connectivity index (χ1v) is 18.0. The number of nitrogens with two attached hydrogens (primary N) is 1. The third-order valence-electron chi connectivity index (χ3n) is 10.9. The summed E-state index contributed by atoms with van der Waals surface area (Å²) in [6.45, 7) is 0. The van der Waals surface area contributed by atoms with Crippen LogP contribution < -0.4 is 5.73 Å². The Bertz CT molecular complexity index is 2710. The molecule has 0 radical (unpaired) electrons. The summed E-state index contributed by atoms with van der Waals surface area (Å²) in [5, 5.41) is 26.1. The lowest BCUT2D eigenvalue weighted by Crippen LogP contribution is -2.12. The third-order valence-corrected chi connectivity index (χ3v) is 10.9. The normalized spacial score (nSPS) is 14.2. The van der Waals surface area contributed by atoms with E-state index in [1.54, 1.807) is 0 Å². The molecule has 0 bridgehead atoms. The Morgan fingerprint density at radius 3 is 1.54 bits per heavy atom. The molecule has 4 heterocycles. The molecule has 8 heteroatoms. The molecule has 4 aromatic carbocycles. The summed E-state index contributed by atoms with van der Waals surface area (Å²) < 4.78 is 0. The highest BCUT2D eigenvalue weighted by atomic mass is 16.4. The highest BCUT2D eigenvalue weighted by Crippen LogP contribution is 2.39. The van der Waals surface area contributed by atoms with E-state index in [0.717, 1.165) is 53.4 Å². The largest absolute Gasteiger partial charge is 0.409 e. The molecule has 0 saturated carbocycles. The van der Waals surface area contributed by atoms with Crippen molar-refractivity contribution in [1.82, 2.24) is 19.9 Å². The van der Waals surface area contributed by atoms with E-state index in [2.05, 4.69) is 67.6 Å². The van der Waals surface area contributed by atoms with Crippen molar-refractivity contribution < 1.29 is 5.21 Å². The molecule has 4 aromatic heterocycles. The number of hydrogen-bond donors (Lipinski definition) is 4. The maximum Gasteiger partial charge on any atom is 0.170 e. The van der Waals surface area contributed by atoms with E-state index in [0.29, 0.717) is 11.1 Å². The molecule has 8 aromatic rings. The average molecular weight is 680 g/mol. The zero-order chi connectivity index (χ0) is 35.2. The van der Waals surface area contributed by atoms with Crippen LogP contribution in [0, 0.1) is 11.3 Å². The Kier molecular flexibility index (Phi) is 7.89. The minimum Gasteiger partial charge on any atom is -0.409 e. The van der Waals surface area contributed by atoms with Gasteiger partial charge in [0.1, 0.15) is 0 Å². The second kappa shape index (κ2) is 13.0. The predicted molar refractivity (Wildman–Crippen MR) is 209 cm³/mol. The zero-order valence-electron chi connectivity index (χ0n) is 28.7. The van der Waals surface area contributed by atoms with Gasteiger partial charge in [0, 0.05) is 61.9 Å². The lowest BCUT2D eigenvalue weighted by Gasteiger charge is -2.23.